The predicted octanol–water partition coefficient (Wildman–Crippen LogP) is 2.35. The maximum Gasteiger partial charge on any atom is 0.0718 e. The van der Waals surface area contributed by atoms with Crippen LogP contribution in [0.15, 0.2) is 24.5 Å². The van der Waals surface area contributed by atoms with E-state index in [2.05, 4.69) is 9.88 Å². The number of likely N-dealkylation sites (tertiary alicyclic amines) is 1. The molecule has 2 atom stereocenters. The molecule has 2 saturated heterocycles. The van der Waals surface area contributed by atoms with Crippen molar-refractivity contribution in [2.24, 2.45) is 17.3 Å². The van der Waals surface area contributed by atoms with E-state index in [1.165, 1.54) is 37.9 Å². The number of nitrogens with zero attached hydrogens (tertiary/aromatic N) is 2. The molecule has 22 heavy (non-hydrogen) atoms. The fourth-order valence-electron chi connectivity index (χ4n) is 4.18. The van der Waals surface area contributed by atoms with Crippen LogP contribution >= 0.6 is 0 Å². The van der Waals surface area contributed by atoms with Gasteiger partial charge in [0.25, 0.3) is 0 Å². The number of aromatic nitrogens is 1. The Kier molecular flexibility index (Phi) is 4.16. The van der Waals surface area contributed by atoms with E-state index in [4.69, 9.17) is 9.47 Å². The van der Waals surface area contributed by atoms with Gasteiger partial charge in [0.05, 0.1) is 26.4 Å². The Morgan fingerprint density at radius 2 is 2.18 bits per heavy atom. The van der Waals surface area contributed by atoms with Gasteiger partial charge in [-0.25, -0.2) is 0 Å². The molecular formula is C18H26N2O2. The lowest BCUT2D eigenvalue weighted by Crippen LogP contribution is -2.37. The van der Waals surface area contributed by atoms with Gasteiger partial charge < -0.3 is 14.4 Å². The Morgan fingerprint density at radius 1 is 1.32 bits per heavy atom. The van der Waals surface area contributed by atoms with Gasteiger partial charge in [-0.1, -0.05) is 6.42 Å². The molecule has 0 amide bonds. The summed E-state index contributed by atoms with van der Waals surface area (Å²) in [5.41, 5.74) is 1.43. The summed E-state index contributed by atoms with van der Waals surface area (Å²) in [6.45, 7) is 6.94. The van der Waals surface area contributed by atoms with E-state index in [0.29, 0.717) is 12.5 Å². The van der Waals surface area contributed by atoms with Gasteiger partial charge in [0.15, 0.2) is 0 Å². The molecule has 3 heterocycles. The van der Waals surface area contributed by atoms with Crippen LogP contribution < -0.4 is 0 Å². The van der Waals surface area contributed by atoms with Crippen molar-refractivity contribution in [3.63, 3.8) is 0 Å². The van der Waals surface area contributed by atoms with Crippen LogP contribution in [0.3, 0.4) is 0 Å². The fraction of sp³-hybridized carbons (Fsp3) is 0.722. The summed E-state index contributed by atoms with van der Waals surface area (Å²) in [4.78, 5) is 6.73. The van der Waals surface area contributed by atoms with Crippen molar-refractivity contribution in [1.29, 1.82) is 0 Å². The molecule has 0 unspecified atom stereocenters. The molecule has 3 aliphatic rings. The highest BCUT2D eigenvalue weighted by atomic mass is 16.5. The van der Waals surface area contributed by atoms with E-state index in [1.54, 1.807) is 0 Å². The van der Waals surface area contributed by atoms with Crippen molar-refractivity contribution < 1.29 is 9.47 Å². The average Bonchev–Trinajstić information content (AvgIpc) is 3.01. The minimum Gasteiger partial charge on any atom is -0.380 e. The lowest BCUT2D eigenvalue weighted by molar-refractivity contribution is 0.0169. The van der Waals surface area contributed by atoms with E-state index in [-0.39, 0.29) is 5.41 Å². The Labute approximate surface area is 132 Å². The summed E-state index contributed by atoms with van der Waals surface area (Å²) < 4.78 is 11.9. The van der Waals surface area contributed by atoms with Crippen LogP contribution in [0.5, 0.6) is 0 Å². The van der Waals surface area contributed by atoms with Crippen molar-refractivity contribution in [2.75, 3.05) is 39.5 Å². The van der Waals surface area contributed by atoms with E-state index in [0.717, 1.165) is 32.3 Å². The Morgan fingerprint density at radius 3 is 2.95 bits per heavy atom. The van der Waals surface area contributed by atoms with Crippen LogP contribution in [0.1, 0.15) is 24.8 Å². The van der Waals surface area contributed by atoms with Gasteiger partial charge in [-0.3, -0.25) is 4.98 Å². The molecule has 0 bridgehead atoms. The van der Waals surface area contributed by atoms with Gasteiger partial charge in [-0.15, -0.1) is 0 Å². The normalized spacial score (nSPS) is 32.1. The molecule has 0 spiro atoms. The number of hydrogen-bond donors (Lipinski definition) is 0. The zero-order chi connectivity index (χ0) is 14.8. The second-order valence-corrected chi connectivity index (χ2v) is 7.41. The van der Waals surface area contributed by atoms with Crippen LogP contribution in [0.2, 0.25) is 0 Å². The van der Waals surface area contributed by atoms with E-state index < -0.39 is 0 Å². The van der Waals surface area contributed by atoms with Gasteiger partial charge in [-0.2, -0.15) is 0 Å². The van der Waals surface area contributed by atoms with Crippen molar-refractivity contribution in [2.45, 2.75) is 25.9 Å². The summed E-state index contributed by atoms with van der Waals surface area (Å²) >= 11 is 0. The Bertz CT molecular complexity index is 491. The third-order valence-electron chi connectivity index (χ3n) is 5.74. The van der Waals surface area contributed by atoms with Crippen LogP contribution in [0, 0.1) is 17.3 Å². The number of hydrogen-bond acceptors (Lipinski definition) is 4. The van der Waals surface area contributed by atoms with Crippen LogP contribution in [0.25, 0.3) is 0 Å². The molecule has 0 N–H and O–H groups in total. The standard InChI is InChI=1S/C18H26N2O2/c1-2-15(3-1)8-20-9-17-11-22-14-18(17,12-20)13-21-10-16-4-6-19-7-5-16/h4-7,15,17H,1-3,8-14H2/t17-,18-/m1/s1. The predicted molar refractivity (Wildman–Crippen MR) is 84.4 cm³/mol. The second kappa shape index (κ2) is 6.26. The van der Waals surface area contributed by atoms with Gasteiger partial charge >= 0.3 is 0 Å². The van der Waals surface area contributed by atoms with Crippen molar-refractivity contribution in [3.8, 4) is 0 Å². The average molecular weight is 302 g/mol. The third kappa shape index (κ3) is 2.92. The molecule has 1 aromatic heterocycles. The first-order chi connectivity index (χ1) is 10.8. The minimum atomic E-state index is 0.233. The number of fused-ring (bicyclic) bond motifs is 1. The monoisotopic (exact) mass is 302 g/mol. The molecule has 1 saturated carbocycles. The van der Waals surface area contributed by atoms with Crippen molar-refractivity contribution >= 4 is 0 Å². The smallest absolute Gasteiger partial charge is 0.0718 e. The zero-order valence-corrected chi connectivity index (χ0v) is 13.2. The SMILES string of the molecule is c1cc(COC[C@]23COC[C@H]2CN(CC2CCC2)C3)ccn1. The molecular weight excluding hydrogens is 276 g/mol. The number of pyridine rings is 1. The highest BCUT2D eigenvalue weighted by Gasteiger charge is 2.51. The molecule has 1 aliphatic carbocycles. The topological polar surface area (TPSA) is 34.6 Å². The molecule has 4 rings (SSSR count). The highest BCUT2D eigenvalue weighted by Crippen LogP contribution is 2.42. The van der Waals surface area contributed by atoms with Crippen LogP contribution in [-0.4, -0.2) is 49.3 Å². The lowest BCUT2D eigenvalue weighted by atomic mass is 9.82. The second-order valence-electron chi connectivity index (χ2n) is 7.41. The van der Waals surface area contributed by atoms with Gasteiger partial charge in [-0.05, 0) is 36.5 Å². The molecule has 4 heteroatoms. The van der Waals surface area contributed by atoms with Gasteiger partial charge in [0, 0.05) is 43.4 Å². The van der Waals surface area contributed by atoms with E-state index in [9.17, 15) is 0 Å². The summed E-state index contributed by atoms with van der Waals surface area (Å²) in [6, 6.07) is 4.05. The lowest BCUT2D eigenvalue weighted by Gasteiger charge is -2.31. The molecule has 3 fully saturated rings. The largest absolute Gasteiger partial charge is 0.380 e. The Hall–Kier alpha value is -0.970. The van der Waals surface area contributed by atoms with E-state index in [1.807, 2.05) is 24.5 Å². The third-order valence-corrected chi connectivity index (χ3v) is 5.74. The van der Waals surface area contributed by atoms with Crippen molar-refractivity contribution in [3.05, 3.63) is 30.1 Å². The molecule has 1 aromatic rings. The first-order valence-electron chi connectivity index (χ1n) is 8.61. The molecule has 0 radical (unpaired) electrons. The maximum absolute atomic E-state index is 6.07. The summed E-state index contributed by atoms with van der Waals surface area (Å²) in [7, 11) is 0. The highest BCUT2D eigenvalue weighted by molar-refractivity contribution is 5.08. The molecule has 120 valence electrons. The van der Waals surface area contributed by atoms with Crippen molar-refractivity contribution in [1.82, 2.24) is 9.88 Å². The number of ether oxygens (including phenoxy) is 2. The molecule has 4 nitrogen and oxygen atoms in total. The molecule has 0 aromatic carbocycles. The number of rotatable bonds is 6. The van der Waals surface area contributed by atoms with E-state index >= 15 is 0 Å². The summed E-state index contributed by atoms with van der Waals surface area (Å²) in [5.74, 6) is 1.61. The van der Waals surface area contributed by atoms with Crippen LogP contribution in [0.4, 0.5) is 0 Å². The van der Waals surface area contributed by atoms with Gasteiger partial charge in [0.1, 0.15) is 0 Å². The summed E-state index contributed by atoms with van der Waals surface area (Å²) in [5, 5.41) is 0. The minimum absolute atomic E-state index is 0.233. The molecule has 2 aliphatic heterocycles. The summed E-state index contributed by atoms with van der Waals surface area (Å²) in [6.07, 6.45) is 7.96. The van der Waals surface area contributed by atoms with Crippen LogP contribution in [-0.2, 0) is 16.1 Å². The first-order valence-corrected chi connectivity index (χ1v) is 8.61. The fourth-order valence-corrected chi connectivity index (χ4v) is 4.18. The quantitative estimate of drug-likeness (QED) is 0.808. The van der Waals surface area contributed by atoms with Gasteiger partial charge in [0.2, 0.25) is 0 Å². The first kappa shape index (κ1) is 14.6. The zero-order valence-electron chi connectivity index (χ0n) is 13.2. The Balaban J connectivity index is 1.32. The maximum atomic E-state index is 6.07.